The van der Waals surface area contributed by atoms with Crippen LogP contribution in [0.2, 0.25) is 0 Å². The maximum atomic E-state index is 11.6. The molecule has 0 bridgehead atoms. The van der Waals surface area contributed by atoms with E-state index in [1.807, 2.05) is 0 Å². The lowest BCUT2D eigenvalue weighted by atomic mass is 10.2. The summed E-state index contributed by atoms with van der Waals surface area (Å²) in [6, 6.07) is -0.0408. The van der Waals surface area contributed by atoms with Crippen LogP contribution in [0.25, 0.3) is 0 Å². The van der Waals surface area contributed by atoms with Gasteiger partial charge < -0.3 is 15.0 Å². The number of nitrogens with one attached hydrogen (secondary N) is 1. The van der Waals surface area contributed by atoms with E-state index in [1.165, 1.54) is 0 Å². The first-order valence-electron chi connectivity index (χ1n) is 5.38. The maximum Gasteiger partial charge on any atom is 0.323 e. The van der Waals surface area contributed by atoms with E-state index in [9.17, 15) is 4.79 Å². The van der Waals surface area contributed by atoms with E-state index >= 15 is 0 Å². The molecule has 2 heterocycles. The van der Waals surface area contributed by atoms with Gasteiger partial charge in [-0.15, -0.1) is 0 Å². The topological polar surface area (TPSA) is 41.6 Å². The van der Waals surface area contributed by atoms with Crippen LogP contribution in [0.3, 0.4) is 0 Å². The molecule has 0 aromatic rings. The number of nitrogens with zero attached hydrogens (tertiary/aromatic N) is 1. The van der Waals surface area contributed by atoms with Gasteiger partial charge in [0, 0.05) is 13.1 Å². The molecule has 2 atom stereocenters. The molecule has 0 aromatic heterocycles. The van der Waals surface area contributed by atoms with Crippen molar-refractivity contribution < 1.29 is 9.53 Å². The second-order valence-electron chi connectivity index (χ2n) is 4.26. The third kappa shape index (κ3) is 2.25. The second kappa shape index (κ2) is 4.28. The number of carbonyl (C=O) groups excluding carboxylic acids is 1. The quantitative estimate of drug-likeness (QED) is 0.633. The third-order valence-corrected chi connectivity index (χ3v) is 2.98. The van der Waals surface area contributed by atoms with E-state index in [4.69, 9.17) is 4.74 Å². The highest BCUT2D eigenvalue weighted by Crippen LogP contribution is 2.13. The summed E-state index contributed by atoms with van der Waals surface area (Å²) in [5.41, 5.74) is 0. The zero-order valence-electron chi connectivity index (χ0n) is 8.66. The van der Waals surface area contributed by atoms with Crippen molar-refractivity contribution in [2.75, 3.05) is 26.7 Å². The van der Waals surface area contributed by atoms with Gasteiger partial charge in [-0.2, -0.15) is 0 Å². The molecule has 0 amide bonds. The Morgan fingerprint density at radius 3 is 2.93 bits per heavy atom. The molecule has 2 fully saturated rings. The predicted octanol–water partition coefficient (Wildman–Crippen LogP) is -0.0143. The highest BCUT2D eigenvalue weighted by Gasteiger charge is 2.28. The SMILES string of the molecule is CN1CCC(OC(=O)C2CCCN2)C1. The Kier molecular flexibility index (Phi) is 3.03. The molecule has 2 unspecified atom stereocenters. The minimum absolute atomic E-state index is 0.0408. The van der Waals surface area contributed by atoms with Crippen LogP contribution in [0, 0.1) is 0 Å². The van der Waals surface area contributed by atoms with E-state index in [-0.39, 0.29) is 18.1 Å². The fourth-order valence-corrected chi connectivity index (χ4v) is 2.12. The fraction of sp³-hybridized carbons (Fsp3) is 0.900. The van der Waals surface area contributed by atoms with Crippen molar-refractivity contribution in [1.29, 1.82) is 0 Å². The molecule has 2 aliphatic heterocycles. The molecule has 0 radical (unpaired) electrons. The molecule has 2 rings (SSSR count). The predicted molar refractivity (Wildman–Crippen MR) is 53.0 cm³/mol. The van der Waals surface area contributed by atoms with Gasteiger partial charge in [-0.05, 0) is 32.9 Å². The first-order valence-corrected chi connectivity index (χ1v) is 5.38. The smallest absolute Gasteiger partial charge is 0.323 e. The Bertz CT molecular complexity index is 214. The van der Waals surface area contributed by atoms with Crippen molar-refractivity contribution in [3.05, 3.63) is 0 Å². The molecule has 0 saturated carbocycles. The Morgan fingerprint density at radius 2 is 2.36 bits per heavy atom. The number of rotatable bonds is 2. The zero-order valence-corrected chi connectivity index (χ0v) is 8.66. The summed E-state index contributed by atoms with van der Waals surface area (Å²) in [5, 5.41) is 3.15. The van der Waals surface area contributed by atoms with Gasteiger partial charge in [0.2, 0.25) is 0 Å². The van der Waals surface area contributed by atoms with Gasteiger partial charge in [0.05, 0.1) is 0 Å². The fourth-order valence-electron chi connectivity index (χ4n) is 2.12. The first kappa shape index (κ1) is 9.93. The Morgan fingerprint density at radius 1 is 1.50 bits per heavy atom. The lowest BCUT2D eigenvalue weighted by molar-refractivity contribution is -0.150. The Labute approximate surface area is 84.6 Å². The number of hydrogen-bond donors (Lipinski definition) is 1. The van der Waals surface area contributed by atoms with Gasteiger partial charge in [-0.25, -0.2) is 0 Å². The van der Waals surface area contributed by atoms with E-state index < -0.39 is 0 Å². The molecule has 0 aliphatic carbocycles. The van der Waals surface area contributed by atoms with E-state index in [1.54, 1.807) is 0 Å². The number of likely N-dealkylation sites (tertiary alicyclic amines) is 1. The van der Waals surface area contributed by atoms with Crippen molar-refractivity contribution in [1.82, 2.24) is 10.2 Å². The van der Waals surface area contributed by atoms with Crippen LogP contribution in [0.5, 0.6) is 0 Å². The third-order valence-electron chi connectivity index (χ3n) is 2.98. The van der Waals surface area contributed by atoms with Crippen molar-refractivity contribution >= 4 is 5.97 Å². The molecule has 80 valence electrons. The number of hydrogen-bond acceptors (Lipinski definition) is 4. The summed E-state index contributed by atoms with van der Waals surface area (Å²) in [6.45, 7) is 2.87. The van der Waals surface area contributed by atoms with Crippen LogP contribution in [0.4, 0.5) is 0 Å². The molecule has 1 N–H and O–H groups in total. The summed E-state index contributed by atoms with van der Waals surface area (Å²) in [6.07, 6.45) is 3.12. The van der Waals surface area contributed by atoms with Crippen molar-refractivity contribution in [3.8, 4) is 0 Å². The number of ether oxygens (including phenoxy) is 1. The van der Waals surface area contributed by atoms with Gasteiger partial charge >= 0.3 is 5.97 Å². The zero-order chi connectivity index (χ0) is 9.97. The average molecular weight is 198 g/mol. The maximum absolute atomic E-state index is 11.6. The van der Waals surface area contributed by atoms with Gasteiger partial charge in [-0.1, -0.05) is 0 Å². The van der Waals surface area contributed by atoms with Crippen LogP contribution in [0.1, 0.15) is 19.3 Å². The minimum atomic E-state index is -0.0530. The standard InChI is InChI=1S/C10H18N2O2/c1-12-6-4-8(7-12)14-10(13)9-3-2-5-11-9/h8-9,11H,2-7H2,1H3. The first-order chi connectivity index (χ1) is 6.75. The highest BCUT2D eigenvalue weighted by molar-refractivity contribution is 5.76. The van der Waals surface area contributed by atoms with Gasteiger partial charge in [0.1, 0.15) is 12.1 Å². The van der Waals surface area contributed by atoms with Gasteiger partial charge in [0.25, 0.3) is 0 Å². The summed E-state index contributed by atoms with van der Waals surface area (Å²) in [7, 11) is 2.06. The van der Waals surface area contributed by atoms with Crippen LogP contribution in [-0.4, -0.2) is 49.7 Å². The molecule has 2 aliphatic rings. The molecule has 4 nitrogen and oxygen atoms in total. The molecule has 14 heavy (non-hydrogen) atoms. The van der Waals surface area contributed by atoms with E-state index in [0.29, 0.717) is 0 Å². The molecule has 0 aromatic carbocycles. The molecule has 2 saturated heterocycles. The van der Waals surface area contributed by atoms with E-state index in [0.717, 1.165) is 38.9 Å². The Hall–Kier alpha value is -0.610. The van der Waals surface area contributed by atoms with Crippen molar-refractivity contribution in [2.24, 2.45) is 0 Å². The lowest BCUT2D eigenvalue weighted by Crippen LogP contribution is -2.35. The van der Waals surface area contributed by atoms with Crippen LogP contribution < -0.4 is 5.32 Å². The van der Waals surface area contributed by atoms with E-state index in [2.05, 4.69) is 17.3 Å². The highest BCUT2D eigenvalue weighted by atomic mass is 16.5. The van der Waals surface area contributed by atoms with Crippen LogP contribution >= 0.6 is 0 Å². The van der Waals surface area contributed by atoms with Crippen LogP contribution in [0.15, 0.2) is 0 Å². The van der Waals surface area contributed by atoms with Gasteiger partial charge in [0.15, 0.2) is 0 Å². The monoisotopic (exact) mass is 198 g/mol. The second-order valence-corrected chi connectivity index (χ2v) is 4.26. The summed E-state index contributed by atoms with van der Waals surface area (Å²) >= 11 is 0. The number of likely N-dealkylation sites (N-methyl/N-ethyl adjacent to an activating group) is 1. The van der Waals surface area contributed by atoms with Crippen LogP contribution in [-0.2, 0) is 9.53 Å². The molecule has 0 spiro atoms. The molecular weight excluding hydrogens is 180 g/mol. The lowest BCUT2D eigenvalue weighted by Gasteiger charge is -2.15. The minimum Gasteiger partial charge on any atom is -0.460 e. The Balaban J connectivity index is 1.76. The van der Waals surface area contributed by atoms with Crippen molar-refractivity contribution in [2.45, 2.75) is 31.4 Å². The summed E-state index contributed by atoms with van der Waals surface area (Å²) in [4.78, 5) is 13.8. The largest absolute Gasteiger partial charge is 0.460 e. The summed E-state index contributed by atoms with van der Waals surface area (Å²) in [5.74, 6) is -0.0530. The normalized spacial score (nSPS) is 33.5. The van der Waals surface area contributed by atoms with Gasteiger partial charge in [-0.3, -0.25) is 4.79 Å². The molecular formula is C10H18N2O2. The number of carbonyl (C=O) groups is 1. The van der Waals surface area contributed by atoms with Crippen molar-refractivity contribution in [3.63, 3.8) is 0 Å². The number of esters is 1. The summed E-state index contributed by atoms with van der Waals surface area (Å²) < 4.78 is 5.42. The molecule has 4 heteroatoms. The average Bonchev–Trinajstić information content (AvgIpc) is 2.75.